The molecule has 10 nitrogen and oxygen atoms in total. The fraction of sp³-hybridized carbons (Fsp3) is 0.229. The Hall–Kier alpha value is -5.03. The highest BCUT2D eigenvalue weighted by molar-refractivity contribution is 5.91. The average molecular weight is 613 g/mol. The fourth-order valence-corrected chi connectivity index (χ4v) is 4.74. The van der Waals surface area contributed by atoms with Crippen molar-refractivity contribution in [3.05, 3.63) is 138 Å². The molecule has 0 unspecified atom stereocenters. The van der Waals surface area contributed by atoms with Crippen molar-refractivity contribution in [2.24, 2.45) is 0 Å². The van der Waals surface area contributed by atoms with Gasteiger partial charge in [-0.05, 0) is 54.1 Å². The molecule has 232 valence electrons. The van der Waals surface area contributed by atoms with Crippen molar-refractivity contribution in [1.29, 1.82) is 0 Å². The van der Waals surface area contributed by atoms with Crippen molar-refractivity contribution >= 4 is 17.9 Å². The van der Waals surface area contributed by atoms with Crippen LogP contribution in [-0.2, 0) is 30.3 Å². The maximum Gasteiger partial charge on any atom is 0.338 e. The number of carbonyl (C=O) groups excluding carboxylic acids is 3. The van der Waals surface area contributed by atoms with Gasteiger partial charge in [0.05, 0.1) is 37.0 Å². The molecule has 5 rings (SSSR count). The van der Waals surface area contributed by atoms with Gasteiger partial charge in [-0.25, -0.2) is 14.4 Å². The molecule has 0 aromatic heterocycles. The third-order valence-electron chi connectivity index (χ3n) is 7.08. The number of benzene rings is 4. The van der Waals surface area contributed by atoms with Gasteiger partial charge in [0.15, 0.2) is 24.6 Å². The van der Waals surface area contributed by atoms with Gasteiger partial charge in [0.1, 0.15) is 11.9 Å². The van der Waals surface area contributed by atoms with Crippen LogP contribution >= 0.6 is 0 Å². The number of methoxy groups -OCH3 is 1. The van der Waals surface area contributed by atoms with Crippen LogP contribution < -0.4 is 4.74 Å². The van der Waals surface area contributed by atoms with Crippen LogP contribution in [0, 0.1) is 0 Å². The molecule has 1 fully saturated rings. The van der Waals surface area contributed by atoms with Crippen LogP contribution in [-0.4, -0.2) is 67.4 Å². The molecule has 5 atom stereocenters. The number of hydrogen-bond acceptors (Lipinski definition) is 10. The summed E-state index contributed by atoms with van der Waals surface area (Å²) < 4.78 is 34.4. The summed E-state index contributed by atoms with van der Waals surface area (Å²) in [6, 6.07) is 31.7. The molecule has 1 saturated heterocycles. The molecule has 45 heavy (non-hydrogen) atoms. The molecule has 4 aromatic rings. The Morgan fingerprint density at radius 3 is 1.53 bits per heavy atom. The van der Waals surface area contributed by atoms with Gasteiger partial charge < -0.3 is 33.5 Å². The summed E-state index contributed by atoms with van der Waals surface area (Å²) in [7, 11) is 1.57. The molecule has 0 saturated carbocycles. The minimum Gasteiger partial charge on any atom is -0.497 e. The summed E-state index contributed by atoms with van der Waals surface area (Å²) in [6.07, 6.45) is -7.26. The van der Waals surface area contributed by atoms with E-state index in [-0.39, 0.29) is 29.9 Å². The van der Waals surface area contributed by atoms with E-state index in [1.54, 1.807) is 98.1 Å². The molecule has 1 N–H and O–H groups in total. The molecule has 0 bridgehead atoms. The van der Waals surface area contributed by atoms with Crippen LogP contribution in [0.1, 0.15) is 36.6 Å². The number of esters is 3. The monoisotopic (exact) mass is 612 g/mol. The van der Waals surface area contributed by atoms with Crippen molar-refractivity contribution in [1.82, 2.24) is 0 Å². The van der Waals surface area contributed by atoms with Gasteiger partial charge in [0.2, 0.25) is 0 Å². The van der Waals surface area contributed by atoms with Crippen molar-refractivity contribution in [2.45, 2.75) is 37.3 Å². The van der Waals surface area contributed by atoms with E-state index in [0.717, 1.165) is 5.56 Å². The van der Waals surface area contributed by atoms with E-state index in [9.17, 15) is 19.5 Å². The van der Waals surface area contributed by atoms with Gasteiger partial charge in [-0.2, -0.15) is 0 Å². The van der Waals surface area contributed by atoms with E-state index in [1.807, 2.05) is 12.1 Å². The molecule has 1 aliphatic heterocycles. The third kappa shape index (κ3) is 8.12. The van der Waals surface area contributed by atoms with Gasteiger partial charge in [-0.1, -0.05) is 66.7 Å². The second kappa shape index (κ2) is 15.1. The van der Waals surface area contributed by atoms with Crippen LogP contribution in [0.5, 0.6) is 5.75 Å². The lowest BCUT2D eigenvalue weighted by Gasteiger charge is -2.43. The number of rotatable bonds is 11. The summed E-state index contributed by atoms with van der Waals surface area (Å²) in [5.41, 5.74) is 1.45. The zero-order chi connectivity index (χ0) is 31.6. The van der Waals surface area contributed by atoms with Gasteiger partial charge in [-0.15, -0.1) is 0 Å². The lowest BCUT2D eigenvalue weighted by molar-refractivity contribution is -0.286. The molecule has 4 aromatic carbocycles. The largest absolute Gasteiger partial charge is 0.497 e. The molecular weight excluding hydrogens is 580 g/mol. The summed E-state index contributed by atoms with van der Waals surface area (Å²) >= 11 is 0. The topological polar surface area (TPSA) is 127 Å². The van der Waals surface area contributed by atoms with Crippen molar-refractivity contribution in [3.8, 4) is 5.75 Å². The van der Waals surface area contributed by atoms with E-state index in [4.69, 9.17) is 28.4 Å². The van der Waals surface area contributed by atoms with E-state index < -0.39 is 48.6 Å². The predicted octanol–water partition coefficient (Wildman–Crippen LogP) is 4.61. The SMILES string of the molecule is COc1ccc(COC[C@H]2O[C@@H](O)[C@H](OC(=O)c3ccccc3)[C@@H](OC(=O)c3ccccc3)[C@@H]2OC(=O)c2ccccc2)cc1. The molecular formula is C35H32O10. The van der Waals surface area contributed by atoms with Crippen molar-refractivity contribution in [3.63, 3.8) is 0 Å². The molecule has 0 spiro atoms. The Bertz CT molecular complexity index is 1540. The first-order valence-corrected chi connectivity index (χ1v) is 14.2. The number of carbonyl (C=O) groups is 3. The smallest absolute Gasteiger partial charge is 0.338 e. The number of ether oxygens (including phenoxy) is 6. The Labute approximate surface area is 260 Å². The maximum atomic E-state index is 13.3. The summed E-state index contributed by atoms with van der Waals surface area (Å²) in [6.45, 7) is -0.0191. The third-order valence-corrected chi connectivity index (χ3v) is 7.08. The van der Waals surface area contributed by atoms with Gasteiger partial charge in [0, 0.05) is 0 Å². The quantitative estimate of drug-likeness (QED) is 0.190. The number of aliphatic hydroxyl groups excluding tert-OH is 1. The maximum absolute atomic E-state index is 13.3. The van der Waals surface area contributed by atoms with Crippen LogP contribution in [0.25, 0.3) is 0 Å². The molecule has 0 aliphatic carbocycles. The lowest BCUT2D eigenvalue weighted by Crippen LogP contribution is -2.62. The summed E-state index contributed by atoms with van der Waals surface area (Å²) in [5, 5.41) is 11.1. The Morgan fingerprint density at radius 1 is 0.622 bits per heavy atom. The summed E-state index contributed by atoms with van der Waals surface area (Å²) in [4.78, 5) is 39.7. The Kier molecular flexibility index (Phi) is 10.5. The van der Waals surface area contributed by atoms with Crippen LogP contribution in [0.15, 0.2) is 115 Å². The molecule has 0 radical (unpaired) electrons. The zero-order valence-corrected chi connectivity index (χ0v) is 24.4. The number of hydrogen-bond donors (Lipinski definition) is 1. The predicted molar refractivity (Wildman–Crippen MR) is 160 cm³/mol. The molecule has 10 heteroatoms. The summed E-state index contributed by atoms with van der Waals surface area (Å²) in [5.74, 6) is -1.64. The highest BCUT2D eigenvalue weighted by atomic mass is 16.7. The van der Waals surface area contributed by atoms with Crippen molar-refractivity contribution < 1.29 is 47.9 Å². The normalized spacial score (nSPS) is 20.9. The van der Waals surface area contributed by atoms with Crippen LogP contribution in [0.4, 0.5) is 0 Å². The first-order valence-electron chi connectivity index (χ1n) is 14.2. The second-order valence-corrected chi connectivity index (χ2v) is 10.1. The minimum atomic E-state index is -1.76. The molecule has 0 amide bonds. The molecule has 1 aliphatic rings. The Balaban J connectivity index is 1.44. The van der Waals surface area contributed by atoms with E-state index in [2.05, 4.69) is 0 Å². The highest BCUT2D eigenvalue weighted by Crippen LogP contribution is 2.30. The lowest BCUT2D eigenvalue weighted by atomic mass is 9.97. The molecule has 1 heterocycles. The average Bonchev–Trinajstić information content (AvgIpc) is 3.09. The highest BCUT2D eigenvalue weighted by Gasteiger charge is 2.52. The Morgan fingerprint density at radius 2 is 1.07 bits per heavy atom. The van der Waals surface area contributed by atoms with Gasteiger partial charge in [0.25, 0.3) is 0 Å². The van der Waals surface area contributed by atoms with E-state index in [1.165, 1.54) is 12.1 Å². The van der Waals surface area contributed by atoms with E-state index in [0.29, 0.717) is 5.75 Å². The number of aliphatic hydroxyl groups is 1. The van der Waals surface area contributed by atoms with Gasteiger partial charge in [-0.3, -0.25) is 0 Å². The fourth-order valence-electron chi connectivity index (χ4n) is 4.74. The standard InChI is InChI=1S/C35H32O10/c1-40-27-19-17-23(18-20-27)21-41-22-28-29(43-32(36)24-11-5-2-6-12-24)30(44-33(37)25-13-7-3-8-14-25)31(35(39)42-28)45-34(38)26-15-9-4-10-16-26/h2-20,28-31,35,39H,21-22H2,1H3/t28-,29-,30+,31-,35-/m1/s1. The van der Waals surface area contributed by atoms with Gasteiger partial charge >= 0.3 is 17.9 Å². The minimum absolute atomic E-state index is 0.153. The first kappa shape index (κ1) is 31.4. The van der Waals surface area contributed by atoms with Crippen LogP contribution in [0.2, 0.25) is 0 Å². The second-order valence-electron chi connectivity index (χ2n) is 10.1. The van der Waals surface area contributed by atoms with Crippen LogP contribution in [0.3, 0.4) is 0 Å². The van der Waals surface area contributed by atoms with E-state index >= 15 is 0 Å². The first-order chi connectivity index (χ1) is 21.9. The zero-order valence-electron chi connectivity index (χ0n) is 24.4. The van der Waals surface area contributed by atoms with Crippen molar-refractivity contribution in [2.75, 3.05) is 13.7 Å².